The van der Waals surface area contributed by atoms with Gasteiger partial charge in [-0.05, 0) is 42.5 Å². The molecule has 1 aliphatic rings. The first-order chi connectivity index (χ1) is 14.7. The highest BCUT2D eigenvalue weighted by molar-refractivity contribution is 7.98. The van der Waals surface area contributed by atoms with E-state index in [1.165, 1.54) is 16.7 Å². The number of hydrogen-bond acceptors (Lipinski definition) is 7. The minimum atomic E-state index is -0.320. The van der Waals surface area contributed by atoms with Crippen LogP contribution in [0.25, 0.3) is 11.3 Å². The van der Waals surface area contributed by atoms with Gasteiger partial charge in [0.15, 0.2) is 5.69 Å². The van der Waals surface area contributed by atoms with Crippen molar-refractivity contribution < 1.29 is 4.74 Å². The summed E-state index contributed by atoms with van der Waals surface area (Å²) in [6.07, 6.45) is -0.320. The maximum Gasteiger partial charge on any atom is 0.247 e. The van der Waals surface area contributed by atoms with Crippen molar-refractivity contribution in [3.05, 3.63) is 81.5 Å². The topological polar surface area (TPSA) is 59.9 Å². The number of thioether (sulfide) groups is 1. The van der Waals surface area contributed by atoms with E-state index >= 15 is 0 Å². The normalized spacial score (nSPS) is 14.8. The molecule has 4 aromatic rings. The van der Waals surface area contributed by atoms with Crippen LogP contribution in [0.5, 0.6) is 5.88 Å². The number of aryl methyl sites for hydroxylation is 2. The van der Waals surface area contributed by atoms with Crippen molar-refractivity contribution in [3.63, 3.8) is 0 Å². The molecule has 0 spiro atoms. The summed E-state index contributed by atoms with van der Waals surface area (Å²) in [5.74, 6) is 1.29. The minimum absolute atomic E-state index is 0.320. The Hall–Kier alpha value is -2.90. The Bertz CT molecular complexity index is 1190. The average molecular weight is 433 g/mol. The molecule has 7 heteroatoms. The molecule has 0 unspecified atom stereocenters. The van der Waals surface area contributed by atoms with Gasteiger partial charge in [-0.3, -0.25) is 0 Å². The Morgan fingerprint density at radius 3 is 2.67 bits per heavy atom. The number of hydrogen-bond donors (Lipinski definition) is 1. The first-order valence-electron chi connectivity index (χ1n) is 9.67. The number of nitrogens with one attached hydrogen (secondary N) is 1. The lowest BCUT2D eigenvalue weighted by atomic mass is 10.1. The molecular weight excluding hydrogens is 412 g/mol. The number of rotatable bonds is 4. The van der Waals surface area contributed by atoms with Gasteiger partial charge in [-0.25, -0.2) is 0 Å². The van der Waals surface area contributed by atoms with E-state index in [1.807, 2.05) is 24.3 Å². The second kappa shape index (κ2) is 8.08. The van der Waals surface area contributed by atoms with Crippen molar-refractivity contribution in [2.24, 2.45) is 0 Å². The molecule has 3 heterocycles. The second-order valence-electron chi connectivity index (χ2n) is 7.18. The number of nitrogens with zero attached hydrogens (tertiary/aromatic N) is 3. The number of aromatic nitrogens is 3. The minimum Gasteiger partial charge on any atom is -0.447 e. The van der Waals surface area contributed by atoms with Gasteiger partial charge in [-0.1, -0.05) is 59.8 Å². The monoisotopic (exact) mass is 432 g/mol. The van der Waals surface area contributed by atoms with Crippen LogP contribution in [0.2, 0.25) is 0 Å². The maximum absolute atomic E-state index is 6.35. The summed E-state index contributed by atoms with van der Waals surface area (Å²) in [4.78, 5) is 5.86. The van der Waals surface area contributed by atoms with Gasteiger partial charge in [-0.15, -0.1) is 21.5 Å². The zero-order valence-corrected chi connectivity index (χ0v) is 18.3. The van der Waals surface area contributed by atoms with Crippen LogP contribution in [0.15, 0.2) is 65.1 Å². The zero-order chi connectivity index (χ0) is 20.5. The predicted molar refractivity (Wildman–Crippen MR) is 122 cm³/mol. The smallest absolute Gasteiger partial charge is 0.247 e. The van der Waals surface area contributed by atoms with E-state index in [-0.39, 0.29) is 6.23 Å². The first-order valence-corrected chi connectivity index (χ1v) is 11.5. The molecule has 30 heavy (non-hydrogen) atoms. The fraction of sp³-hybridized carbons (Fsp3) is 0.174. The van der Waals surface area contributed by atoms with Crippen molar-refractivity contribution in [1.29, 1.82) is 0 Å². The van der Waals surface area contributed by atoms with Crippen LogP contribution >= 0.6 is 23.1 Å². The number of fused-ring (bicyclic) bond motifs is 3. The van der Waals surface area contributed by atoms with Gasteiger partial charge < -0.3 is 10.1 Å². The van der Waals surface area contributed by atoms with E-state index in [9.17, 15) is 0 Å². The summed E-state index contributed by atoms with van der Waals surface area (Å²) in [7, 11) is 0. The number of benzene rings is 2. The summed E-state index contributed by atoms with van der Waals surface area (Å²) < 4.78 is 6.35. The highest BCUT2D eigenvalue weighted by Gasteiger charge is 2.27. The van der Waals surface area contributed by atoms with E-state index in [0.717, 1.165) is 21.9 Å². The zero-order valence-electron chi connectivity index (χ0n) is 16.6. The van der Waals surface area contributed by atoms with E-state index in [0.29, 0.717) is 16.7 Å². The molecule has 0 saturated carbocycles. The lowest BCUT2D eigenvalue weighted by Crippen LogP contribution is -2.16. The summed E-state index contributed by atoms with van der Waals surface area (Å²) >= 11 is 3.23. The molecular formula is C23H20N4OS2. The summed E-state index contributed by atoms with van der Waals surface area (Å²) in [5, 5.41) is 15.0. The molecule has 0 amide bonds. The Morgan fingerprint density at radius 1 is 1.03 bits per heavy atom. The van der Waals surface area contributed by atoms with Gasteiger partial charge in [0, 0.05) is 17.0 Å². The van der Waals surface area contributed by atoms with Gasteiger partial charge in [0.1, 0.15) is 0 Å². The van der Waals surface area contributed by atoms with Gasteiger partial charge in [-0.2, -0.15) is 4.98 Å². The van der Waals surface area contributed by atoms with Crippen LogP contribution in [0.3, 0.4) is 0 Å². The molecule has 2 aromatic heterocycles. The molecule has 1 N–H and O–H groups in total. The van der Waals surface area contributed by atoms with E-state index < -0.39 is 0 Å². The molecule has 5 nitrogen and oxygen atoms in total. The quantitative estimate of drug-likeness (QED) is 0.398. The number of thiophene rings is 1. The average Bonchev–Trinajstić information content (AvgIpc) is 3.12. The van der Waals surface area contributed by atoms with Crippen molar-refractivity contribution in [3.8, 4) is 17.1 Å². The first kappa shape index (κ1) is 19.1. The Labute approximate surface area is 183 Å². The molecule has 2 aromatic carbocycles. The molecule has 1 atom stereocenters. The summed E-state index contributed by atoms with van der Waals surface area (Å²) in [6, 6.07) is 18.6. The van der Waals surface area contributed by atoms with Crippen molar-refractivity contribution in [2.75, 3.05) is 5.32 Å². The van der Waals surface area contributed by atoms with Crippen LogP contribution in [-0.4, -0.2) is 15.2 Å². The third kappa shape index (κ3) is 3.78. The van der Waals surface area contributed by atoms with E-state index in [1.54, 1.807) is 23.1 Å². The summed E-state index contributed by atoms with van der Waals surface area (Å²) in [6.45, 7) is 4.18. The summed E-state index contributed by atoms with van der Waals surface area (Å²) in [5.41, 5.74) is 6.23. The molecule has 0 saturated heterocycles. The third-order valence-electron chi connectivity index (χ3n) is 4.96. The van der Waals surface area contributed by atoms with Crippen LogP contribution in [0.1, 0.15) is 27.8 Å². The third-order valence-corrected chi connectivity index (χ3v) is 6.93. The fourth-order valence-electron chi connectivity index (χ4n) is 3.31. The van der Waals surface area contributed by atoms with E-state index in [2.05, 4.69) is 65.1 Å². The van der Waals surface area contributed by atoms with Crippen LogP contribution in [-0.2, 0) is 5.75 Å². The van der Waals surface area contributed by atoms with Gasteiger partial charge >= 0.3 is 0 Å². The fourth-order valence-corrected chi connectivity index (χ4v) is 4.95. The second-order valence-corrected chi connectivity index (χ2v) is 9.07. The van der Waals surface area contributed by atoms with Gasteiger partial charge in [0.05, 0.1) is 4.88 Å². The largest absolute Gasteiger partial charge is 0.447 e. The predicted octanol–water partition coefficient (Wildman–Crippen LogP) is 6.01. The molecule has 150 valence electrons. The molecule has 0 bridgehead atoms. The van der Waals surface area contributed by atoms with Gasteiger partial charge in [0.25, 0.3) is 0 Å². The number of ether oxygens (including phenoxy) is 1. The Morgan fingerprint density at radius 2 is 1.87 bits per heavy atom. The SMILES string of the molecule is Cc1ccc(CSc2nnc3c(n2)O[C@H](c2sccc2C)Nc2ccccc2-3)cc1. The number of para-hydroxylation sites is 1. The maximum atomic E-state index is 6.35. The lowest BCUT2D eigenvalue weighted by molar-refractivity contribution is 0.228. The van der Waals surface area contributed by atoms with Crippen molar-refractivity contribution in [2.45, 2.75) is 31.0 Å². The molecule has 0 fully saturated rings. The van der Waals surface area contributed by atoms with Gasteiger partial charge in [0.2, 0.25) is 17.3 Å². The molecule has 0 aliphatic carbocycles. The lowest BCUT2D eigenvalue weighted by Gasteiger charge is -2.18. The Balaban J connectivity index is 1.48. The van der Waals surface area contributed by atoms with Crippen LogP contribution < -0.4 is 10.1 Å². The standard InChI is InChI=1S/C23H20N4OS2/c1-14-7-9-16(10-8-14)13-30-23-25-21-19(26-27-23)17-5-3-4-6-18(17)24-22(28-21)20-15(2)11-12-29-20/h3-12,22,24H,13H2,1-2H3/t22-/m1/s1. The highest BCUT2D eigenvalue weighted by Crippen LogP contribution is 2.41. The molecule has 5 rings (SSSR count). The number of anilines is 1. The van der Waals surface area contributed by atoms with Crippen molar-refractivity contribution in [1.82, 2.24) is 15.2 Å². The van der Waals surface area contributed by atoms with Crippen molar-refractivity contribution >= 4 is 28.8 Å². The van der Waals surface area contributed by atoms with Crippen LogP contribution in [0, 0.1) is 13.8 Å². The molecule has 1 aliphatic heterocycles. The highest BCUT2D eigenvalue weighted by atomic mass is 32.2. The van der Waals surface area contributed by atoms with Crippen LogP contribution in [0.4, 0.5) is 5.69 Å². The molecule has 0 radical (unpaired) electrons. The van der Waals surface area contributed by atoms with E-state index in [4.69, 9.17) is 9.72 Å². The Kier molecular flexibility index (Phi) is 5.14.